The Morgan fingerprint density at radius 2 is 2.33 bits per heavy atom. The Balaban J connectivity index is 2.13. The van der Waals surface area contributed by atoms with E-state index in [1.165, 1.54) is 12.1 Å². The highest BCUT2D eigenvalue weighted by Crippen LogP contribution is 2.34. The number of benzene rings is 1. The molecule has 18 heavy (non-hydrogen) atoms. The zero-order chi connectivity index (χ0) is 13.0. The van der Waals surface area contributed by atoms with Gasteiger partial charge in [-0.25, -0.2) is 4.39 Å². The summed E-state index contributed by atoms with van der Waals surface area (Å²) in [6.07, 6.45) is 1.98. The zero-order valence-corrected chi connectivity index (χ0v) is 12.2. The molecule has 0 aromatic heterocycles. The van der Waals surface area contributed by atoms with Gasteiger partial charge in [0, 0.05) is 23.0 Å². The molecule has 0 radical (unpaired) electrons. The molecule has 0 aliphatic carbocycles. The van der Waals surface area contributed by atoms with Gasteiger partial charge in [0.25, 0.3) is 0 Å². The van der Waals surface area contributed by atoms with Crippen LogP contribution < -0.4 is 5.32 Å². The lowest BCUT2D eigenvalue weighted by atomic mass is 9.81. The summed E-state index contributed by atoms with van der Waals surface area (Å²) in [5.74, 6) is -0.200. The van der Waals surface area contributed by atoms with Gasteiger partial charge in [-0.15, -0.1) is 0 Å². The molecule has 2 rings (SSSR count). The lowest BCUT2D eigenvalue weighted by molar-refractivity contribution is 0.149. The average molecular weight is 316 g/mol. The fourth-order valence-corrected chi connectivity index (χ4v) is 2.94. The van der Waals surface area contributed by atoms with Gasteiger partial charge in [0.1, 0.15) is 5.82 Å². The van der Waals surface area contributed by atoms with Crippen LogP contribution in [0.3, 0.4) is 0 Å². The smallest absolute Gasteiger partial charge is 0.124 e. The van der Waals surface area contributed by atoms with E-state index in [4.69, 9.17) is 4.74 Å². The minimum Gasteiger partial charge on any atom is -0.381 e. The summed E-state index contributed by atoms with van der Waals surface area (Å²) in [6.45, 7) is 5.63. The van der Waals surface area contributed by atoms with E-state index in [0.29, 0.717) is 0 Å². The lowest BCUT2D eigenvalue weighted by Gasteiger charge is -2.28. The van der Waals surface area contributed by atoms with E-state index in [1.807, 2.05) is 6.07 Å². The van der Waals surface area contributed by atoms with Crippen molar-refractivity contribution >= 4 is 15.9 Å². The molecule has 0 spiro atoms. The third-order valence-corrected chi connectivity index (χ3v) is 4.25. The van der Waals surface area contributed by atoms with Crippen LogP contribution in [0.4, 0.5) is 4.39 Å². The quantitative estimate of drug-likeness (QED) is 0.901. The predicted octanol–water partition coefficient (Wildman–Crippen LogP) is 3.15. The molecule has 4 heteroatoms. The summed E-state index contributed by atoms with van der Waals surface area (Å²) in [7, 11) is 0. The first kappa shape index (κ1) is 14.0. The van der Waals surface area contributed by atoms with Crippen LogP contribution in [0.5, 0.6) is 0 Å². The maximum Gasteiger partial charge on any atom is 0.124 e. The van der Waals surface area contributed by atoms with Crippen LogP contribution in [-0.2, 0) is 11.2 Å². The van der Waals surface area contributed by atoms with Crippen molar-refractivity contribution in [1.82, 2.24) is 5.32 Å². The van der Waals surface area contributed by atoms with Gasteiger partial charge in [-0.1, -0.05) is 28.9 Å². The second kappa shape index (κ2) is 6.13. The van der Waals surface area contributed by atoms with Crippen molar-refractivity contribution in [2.24, 2.45) is 5.41 Å². The van der Waals surface area contributed by atoms with Gasteiger partial charge in [0.15, 0.2) is 0 Å². The number of rotatable bonds is 5. The first-order chi connectivity index (χ1) is 8.65. The van der Waals surface area contributed by atoms with Gasteiger partial charge in [0.05, 0.1) is 6.61 Å². The first-order valence-corrected chi connectivity index (χ1v) is 7.17. The van der Waals surface area contributed by atoms with E-state index in [2.05, 4.69) is 28.2 Å². The standard InChI is InChI=1S/C14H19BrFNO/c1-2-17-9-14(5-6-18-10-14)8-11-3-4-12(16)7-13(11)15/h3-4,7,17H,2,5-6,8-10H2,1H3. The molecule has 1 unspecified atom stereocenters. The van der Waals surface area contributed by atoms with Crippen LogP contribution in [0.1, 0.15) is 18.9 Å². The topological polar surface area (TPSA) is 21.3 Å². The lowest BCUT2D eigenvalue weighted by Crippen LogP contribution is -2.36. The van der Waals surface area contributed by atoms with Crippen molar-refractivity contribution in [1.29, 1.82) is 0 Å². The second-order valence-corrected chi connectivity index (χ2v) is 5.85. The van der Waals surface area contributed by atoms with Crippen molar-refractivity contribution in [3.8, 4) is 0 Å². The van der Waals surface area contributed by atoms with Crippen molar-refractivity contribution in [3.63, 3.8) is 0 Å². The van der Waals surface area contributed by atoms with Crippen LogP contribution in [0.25, 0.3) is 0 Å². The molecule has 1 aromatic carbocycles. The molecule has 1 aliphatic heterocycles. The Hall–Kier alpha value is -0.450. The first-order valence-electron chi connectivity index (χ1n) is 6.38. The molecule has 0 amide bonds. The number of hydrogen-bond donors (Lipinski definition) is 1. The minimum absolute atomic E-state index is 0.149. The highest BCUT2D eigenvalue weighted by molar-refractivity contribution is 9.10. The van der Waals surface area contributed by atoms with E-state index in [-0.39, 0.29) is 11.2 Å². The number of ether oxygens (including phenoxy) is 1. The Bertz CT molecular complexity index is 405. The molecule has 1 aromatic rings. The fourth-order valence-electron chi connectivity index (χ4n) is 2.45. The Labute approximate surface area is 116 Å². The second-order valence-electron chi connectivity index (χ2n) is 5.00. The summed E-state index contributed by atoms with van der Waals surface area (Å²) >= 11 is 3.45. The average Bonchev–Trinajstić information content (AvgIpc) is 2.80. The Morgan fingerprint density at radius 3 is 2.94 bits per heavy atom. The van der Waals surface area contributed by atoms with Crippen molar-refractivity contribution in [2.45, 2.75) is 19.8 Å². The summed E-state index contributed by atoms with van der Waals surface area (Å²) in [5.41, 5.74) is 1.30. The molecule has 1 saturated heterocycles. The monoisotopic (exact) mass is 315 g/mol. The third kappa shape index (κ3) is 3.31. The van der Waals surface area contributed by atoms with E-state index in [9.17, 15) is 4.39 Å². The van der Waals surface area contributed by atoms with E-state index >= 15 is 0 Å². The van der Waals surface area contributed by atoms with Crippen molar-refractivity contribution in [3.05, 3.63) is 34.1 Å². The predicted molar refractivity (Wildman–Crippen MR) is 74.2 cm³/mol. The van der Waals surface area contributed by atoms with E-state index in [0.717, 1.165) is 49.2 Å². The highest BCUT2D eigenvalue weighted by atomic mass is 79.9. The van der Waals surface area contributed by atoms with Crippen molar-refractivity contribution in [2.75, 3.05) is 26.3 Å². The molecule has 1 aliphatic rings. The molecule has 1 atom stereocenters. The number of hydrogen-bond acceptors (Lipinski definition) is 2. The van der Waals surface area contributed by atoms with Crippen LogP contribution >= 0.6 is 15.9 Å². The van der Waals surface area contributed by atoms with Gasteiger partial charge in [-0.05, 0) is 37.1 Å². The highest BCUT2D eigenvalue weighted by Gasteiger charge is 2.35. The molecule has 0 bridgehead atoms. The normalized spacial score (nSPS) is 23.5. The van der Waals surface area contributed by atoms with Gasteiger partial charge in [0.2, 0.25) is 0 Å². The van der Waals surface area contributed by atoms with Crippen molar-refractivity contribution < 1.29 is 9.13 Å². The summed E-state index contributed by atoms with van der Waals surface area (Å²) < 4.78 is 19.5. The number of halogens is 2. The molecule has 100 valence electrons. The molecule has 2 nitrogen and oxygen atoms in total. The van der Waals surface area contributed by atoms with E-state index in [1.54, 1.807) is 0 Å². The number of nitrogens with one attached hydrogen (secondary N) is 1. The van der Waals surface area contributed by atoms with Gasteiger partial charge < -0.3 is 10.1 Å². The third-order valence-electron chi connectivity index (χ3n) is 3.52. The van der Waals surface area contributed by atoms with E-state index < -0.39 is 0 Å². The maximum absolute atomic E-state index is 13.1. The zero-order valence-electron chi connectivity index (χ0n) is 10.6. The molecule has 1 fully saturated rings. The minimum atomic E-state index is -0.200. The largest absolute Gasteiger partial charge is 0.381 e. The van der Waals surface area contributed by atoms with Crippen LogP contribution in [0.15, 0.2) is 22.7 Å². The van der Waals surface area contributed by atoms with Crippen LogP contribution in [0.2, 0.25) is 0 Å². The van der Waals surface area contributed by atoms with Crippen LogP contribution in [0, 0.1) is 11.2 Å². The molecular weight excluding hydrogens is 297 g/mol. The van der Waals surface area contributed by atoms with Gasteiger partial charge >= 0.3 is 0 Å². The molecular formula is C14H19BrFNO. The molecule has 1 N–H and O–H groups in total. The summed E-state index contributed by atoms with van der Waals surface area (Å²) in [6, 6.07) is 4.92. The maximum atomic E-state index is 13.1. The molecule has 0 saturated carbocycles. The Kier molecular flexibility index (Phi) is 4.76. The van der Waals surface area contributed by atoms with Gasteiger partial charge in [-0.3, -0.25) is 0 Å². The fraction of sp³-hybridized carbons (Fsp3) is 0.571. The Morgan fingerprint density at radius 1 is 1.50 bits per heavy atom. The molecule has 1 heterocycles. The summed E-state index contributed by atoms with van der Waals surface area (Å²) in [5, 5.41) is 3.41. The summed E-state index contributed by atoms with van der Waals surface area (Å²) in [4.78, 5) is 0. The SMILES string of the molecule is CCNCC1(Cc2ccc(F)cc2Br)CCOC1. The van der Waals surface area contributed by atoms with Gasteiger partial charge in [-0.2, -0.15) is 0 Å². The van der Waals surface area contributed by atoms with Crippen LogP contribution in [-0.4, -0.2) is 26.3 Å².